The Labute approximate surface area is 239 Å². The van der Waals surface area contributed by atoms with Gasteiger partial charge < -0.3 is 10.2 Å². The van der Waals surface area contributed by atoms with Crippen molar-refractivity contribution in [1.82, 2.24) is 0 Å². The Morgan fingerprint density at radius 2 is 0.725 bits per heavy atom. The number of rotatable bonds is 8. The fourth-order valence-corrected chi connectivity index (χ4v) is 5.33. The van der Waals surface area contributed by atoms with Gasteiger partial charge in [-0.15, -0.1) is 0 Å². The standard InChI is InChI=1S/C38H38O2/c1-35(2,29-31-19-9-5-10-20-31)37(39,33-23-13-7-14-24-33)27-17-18-28-38(40,34-25-15-8-16-26-34)36(3,4)30-32-21-11-6-12-22-32/h5-16,19-26,39-40H,29-30H2,1-4H3. The van der Waals surface area contributed by atoms with E-state index in [4.69, 9.17) is 0 Å². The molecule has 2 N–H and O–H groups in total. The lowest BCUT2D eigenvalue weighted by Crippen LogP contribution is -2.42. The Balaban J connectivity index is 1.76. The zero-order chi connectivity index (χ0) is 28.7. The molecule has 0 radical (unpaired) electrons. The molecule has 4 aromatic carbocycles. The minimum absolute atomic E-state index is 0.624. The van der Waals surface area contributed by atoms with Crippen molar-refractivity contribution in [2.24, 2.45) is 10.8 Å². The van der Waals surface area contributed by atoms with Gasteiger partial charge in [0.05, 0.1) is 0 Å². The van der Waals surface area contributed by atoms with Crippen molar-refractivity contribution in [3.05, 3.63) is 144 Å². The van der Waals surface area contributed by atoms with E-state index in [1.165, 1.54) is 0 Å². The van der Waals surface area contributed by atoms with Crippen molar-refractivity contribution in [3.8, 4) is 23.7 Å². The minimum Gasteiger partial charge on any atom is -0.373 e. The first-order valence-electron chi connectivity index (χ1n) is 13.8. The second kappa shape index (κ2) is 12.0. The Morgan fingerprint density at radius 3 is 1.02 bits per heavy atom. The van der Waals surface area contributed by atoms with E-state index in [9.17, 15) is 10.2 Å². The van der Waals surface area contributed by atoms with Gasteiger partial charge in [-0.05, 0) is 58.8 Å². The quantitative estimate of drug-likeness (QED) is 0.236. The highest BCUT2D eigenvalue weighted by atomic mass is 16.3. The highest BCUT2D eigenvalue weighted by Gasteiger charge is 2.45. The molecule has 2 atom stereocenters. The van der Waals surface area contributed by atoms with E-state index >= 15 is 0 Å². The first kappa shape index (κ1) is 28.9. The number of benzene rings is 4. The molecule has 202 valence electrons. The van der Waals surface area contributed by atoms with Gasteiger partial charge in [0.1, 0.15) is 0 Å². The van der Waals surface area contributed by atoms with Gasteiger partial charge in [0.25, 0.3) is 0 Å². The molecule has 0 aromatic heterocycles. The molecular weight excluding hydrogens is 488 g/mol. The molecule has 0 amide bonds. The third kappa shape index (κ3) is 6.21. The van der Waals surface area contributed by atoms with E-state index in [-0.39, 0.29) is 0 Å². The summed E-state index contributed by atoms with van der Waals surface area (Å²) in [5, 5.41) is 24.3. The highest BCUT2D eigenvalue weighted by Crippen LogP contribution is 2.43. The largest absolute Gasteiger partial charge is 0.373 e. The van der Waals surface area contributed by atoms with Crippen LogP contribution in [0.2, 0.25) is 0 Å². The fraction of sp³-hybridized carbons (Fsp3) is 0.263. The van der Waals surface area contributed by atoms with E-state index in [1.807, 2.05) is 125 Å². The third-order valence-corrected chi connectivity index (χ3v) is 7.87. The van der Waals surface area contributed by atoms with Crippen LogP contribution in [-0.4, -0.2) is 10.2 Å². The number of hydrogen-bond acceptors (Lipinski definition) is 2. The van der Waals surface area contributed by atoms with Gasteiger partial charge in [-0.25, -0.2) is 0 Å². The van der Waals surface area contributed by atoms with Crippen LogP contribution in [0, 0.1) is 34.5 Å². The number of hydrogen-bond donors (Lipinski definition) is 2. The predicted octanol–water partition coefficient (Wildman–Crippen LogP) is 7.31. The molecule has 2 nitrogen and oxygen atoms in total. The molecule has 2 heteroatoms. The second-order valence-electron chi connectivity index (χ2n) is 11.7. The van der Waals surface area contributed by atoms with Gasteiger partial charge in [-0.1, -0.05) is 149 Å². The van der Waals surface area contributed by atoms with Gasteiger partial charge in [0.2, 0.25) is 0 Å². The van der Waals surface area contributed by atoms with Gasteiger partial charge in [0, 0.05) is 10.8 Å². The third-order valence-electron chi connectivity index (χ3n) is 7.87. The molecule has 4 rings (SSSR count). The highest BCUT2D eigenvalue weighted by molar-refractivity contribution is 5.43. The van der Waals surface area contributed by atoms with E-state index in [0.29, 0.717) is 24.0 Å². The van der Waals surface area contributed by atoms with Crippen LogP contribution in [0.1, 0.15) is 49.9 Å². The zero-order valence-electron chi connectivity index (χ0n) is 23.9. The average Bonchev–Trinajstić information content (AvgIpc) is 2.96. The molecule has 0 fully saturated rings. The van der Waals surface area contributed by atoms with Crippen LogP contribution in [0.4, 0.5) is 0 Å². The molecule has 0 aliphatic rings. The van der Waals surface area contributed by atoms with Crippen molar-refractivity contribution in [2.75, 3.05) is 0 Å². The fourth-order valence-electron chi connectivity index (χ4n) is 5.33. The van der Waals surface area contributed by atoms with Crippen molar-refractivity contribution < 1.29 is 10.2 Å². The molecule has 0 aliphatic carbocycles. The summed E-state index contributed by atoms with van der Waals surface area (Å²) in [7, 11) is 0. The van der Waals surface area contributed by atoms with E-state index in [0.717, 1.165) is 11.1 Å². The summed E-state index contributed by atoms with van der Waals surface area (Å²) < 4.78 is 0. The molecule has 0 bridgehead atoms. The summed E-state index contributed by atoms with van der Waals surface area (Å²) >= 11 is 0. The Morgan fingerprint density at radius 1 is 0.450 bits per heavy atom. The topological polar surface area (TPSA) is 40.5 Å². The lowest BCUT2D eigenvalue weighted by molar-refractivity contribution is -0.0207. The summed E-state index contributed by atoms with van der Waals surface area (Å²) in [5.41, 5.74) is -0.529. The van der Waals surface area contributed by atoms with Gasteiger partial charge in [-0.3, -0.25) is 0 Å². The Bertz CT molecular complexity index is 1380. The molecule has 0 saturated heterocycles. The first-order chi connectivity index (χ1) is 19.1. The Hall–Kier alpha value is -4.08. The normalized spacial score (nSPS) is 14.4. The van der Waals surface area contributed by atoms with Crippen LogP contribution < -0.4 is 0 Å². The zero-order valence-corrected chi connectivity index (χ0v) is 23.9. The van der Waals surface area contributed by atoms with Crippen molar-refractivity contribution >= 4 is 0 Å². The van der Waals surface area contributed by atoms with Gasteiger partial charge in [0.15, 0.2) is 11.2 Å². The molecule has 0 aliphatic heterocycles. The van der Waals surface area contributed by atoms with E-state index in [1.54, 1.807) is 0 Å². The molecular formula is C38H38O2. The monoisotopic (exact) mass is 526 g/mol. The number of aliphatic hydroxyl groups is 2. The summed E-state index contributed by atoms with van der Waals surface area (Å²) in [6, 6.07) is 39.4. The summed E-state index contributed by atoms with van der Waals surface area (Å²) in [6.45, 7) is 8.10. The van der Waals surface area contributed by atoms with Crippen LogP contribution in [0.25, 0.3) is 0 Å². The van der Waals surface area contributed by atoms with Gasteiger partial charge in [-0.2, -0.15) is 0 Å². The van der Waals surface area contributed by atoms with Crippen LogP contribution in [0.15, 0.2) is 121 Å². The minimum atomic E-state index is -1.47. The first-order valence-corrected chi connectivity index (χ1v) is 13.8. The second-order valence-corrected chi connectivity index (χ2v) is 11.7. The predicted molar refractivity (Wildman–Crippen MR) is 164 cm³/mol. The SMILES string of the molecule is CC(C)(Cc1ccccc1)C(O)(C#CC#CC(O)(c1ccccc1)C(C)(C)Cc1ccccc1)c1ccccc1. The molecule has 0 spiro atoms. The van der Waals surface area contributed by atoms with Gasteiger partial charge >= 0.3 is 0 Å². The maximum Gasteiger partial charge on any atom is 0.157 e. The van der Waals surface area contributed by atoms with Crippen molar-refractivity contribution in [1.29, 1.82) is 0 Å². The van der Waals surface area contributed by atoms with E-state index in [2.05, 4.69) is 47.9 Å². The molecule has 40 heavy (non-hydrogen) atoms. The van der Waals surface area contributed by atoms with E-state index < -0.39 is 22.0 Å². The summed E-state index contributed by atoms with van der Waals surface area (Å²) in [5.74, 6) is 12.2. The molecule has 0 saturated carbocycles. The maximum atomic E-state index is 12.2. The summed E-state index contributed by atoms with van der Waals surface area (Å²) in [4.78, 5) is 0. The average molecular weight is 527 g/mol. The molecule has 2 unspecified atom stereocenters. The maximum absolute atomic E-state index is 12.2. The van der Waals surface area contributed by atoms with Crippen LogP contribution in [-0.2, 0) is 24.0 Å². The van der Waals surface area contributed by atoms with Crippen molar-refractivity contribution in [3.63, 3.8) is 0 Å². The van der Waals surface area contributed by atoms with Crippen LogP contribution in [0.3, 0.4) is 0 Å². The lowest BCUT2D eigenvalue weighted by Gasteiger charge is -2.40. The molecule has 0 heterocycles. The summed E-state index contributed by atoms with van der Waals surface area (Å²) in [6.07, 6.45) is 1.25. The smallest absolute Gasteiger partial charge is 0.157 e. The van der Waals surface area contributed by atoms with Crippen LogP contribution in [0.5, 0.6) is 0 Å². The molecule has 4 aromatic rings. The Kier molecular flexibility index (Phi) is 8.66. The van der Waals surface area contributed by atoms with Crippen LogP contribution >= 0.6 is 0 Å². The van der Waals surface area contributed by atoms with Crippen molar-refractivity contribution in [2.45, 2.75) is 51.7 Å². The lowest BCUT2D eigenvalue weighted by atomic mass is 9.67.